The minimum Gasteiger partial charge on any atom is -0.504 e. The van der Waals surface area contributed by atoms with Gasteiger partial charge in [-0.2, -0.15) is 0 Å². The number of phenols is 2. The van der Waals surface area contributed by atoms with Crippen molar-refractivity contribution in [1.82, 2.24) is 5.32 Å². The van der Waals surface area contributed by atoms with Crippen LogP contribution in [0.1, 0.15) is 43.4 Å². The molecule has 1 saturated carbocycles. The van der Waals surface area contributed by atoms with Gasteiger partial charge in [0.2, 0.25) is 5.91 Å². The largest absolute Gasteiger partial charge is 0.504 e. The van der Waals surface area contributed by atoms with Gasteiger partial charge in [-0.3, -0.25) is 4.79 Å². The zero-order chi connectivity index (χ0) is 23.6. The molecular formula is C28H32N2O3. The van der Waals surface area contributed by atoms with Gasteiger partial charge in [0.25, 0.3) is 0 Å². The molecular weight excluding hydrogens is 412 g/mol. The van der Waals surface area contributed by atoms with Crippen molar-refractivity contribution >= 4 is 11.6 Å². The van der Waals surface area contributed by atoms with E-state index in [0.29, 0.717) is 18.8 Å². The van der Waals surface area contributed by atoms with Crippen LogP contribution in [0.2, 0.25) is 0 Å². The Morgan fingerprint density at radius 2 is 1.70 bits per heavy atom. The Kier molecular flexibility index (Phi) is 6.43. The molecule has 1 aliphatic rings. The van der Waals surface area contributed by atoms with Crippen LogP contribution in [0.3, 0.4) is 0 Å². The number of hydrogen-bond donors (Lipinski definition) is 4. The Hall–Kier alpha value is -3.31. The first-order valence-corrected chi connectivity index (χ1v) is 11.5. The third-order valence-electron chi connectivity index (χ3n) is 6.35. The minimum atomic E-state index is -0.652. The van der Waals surface area contributed by atoms with Crippen molar-refractivity contribution in [3.8, 4) is 22.6 Å². The van der Waals surface area contributed by atoms with E-state index in [1.165, 1.54) is 17.7 Å². The molecule has 1 aliphatic carbocycles. The van der Waals surface area contributed by atoms with E-state index in [1.54, 1.807) is 6.07 Å². The molecule has 3 aromatic carbocycles. The second-order valence-corrected chi connectivity index (χ2v) is 9.49. The van der Waals surface area contributed by atoms with Crippen LogP contribution < -0.4 is 10.6 Å². The van der Waals surface area contributed by atoms with Crippen LogP contribution in [-0.2, 0) is 16.8 Å². The van der Waals surface area contributed by atoms with Gasteiger partial charge in [0, 0.05) is 12.2 Å². The van der Waals surface area contributed by atoms with Crippen molar-refractivity contribution in [2.24, 2.45) is 5.92 Å². The number of aromatic hydroxyl groups is 2. The molecule has 0 atom stereocenters. The fourth-order valence-electron chi connectivity index (χ4n) is 4.16. The summed E-state index contributed by atoms with van der Waals surface area (Å²) in [5.74, 6) is 0.153. The molecule has 1 amide bonds. The van der Waals surface area contributed by atoms with Crippen LogP contribution in [0.5, 0.6) is 11.5 Å². The van der Waals surface area contributed by atoms with E-state index in [1.807, 2.05) is 18.2 Å². The van der Waals surface area contributed by atoms with E-state index in [2.05, 4.69) is 55.7 Å². The number of hydrogen-bond acceptors (Lipinski definition) is 4. The molecule has 0 bridgehead atoms. The third kappa shape index (κ3) is 5.04. The van der Waals surface area contributed by atoms with Crippen LogP contribution >= 0.6 is 0 Å². The summed E-state index contributed by atoms with van der Waals surface area (Å²) in [7, 11) is 0. The van der Waals surface area contributed by atoms with E-state index in [4.69, 9.17) is 0 Å². The number of amides is 1. The summed E-state index contributed by atoms with van der Waals surface area (Å²) in [5.41, 5.74) is 5.41. The molecule has 4 rings (SSSR count). The predicted molar refractivity (Wildman–Crippen MR) is 132 cm³/mol. The molecule has 0 saturated heterocycles. The highest BCUT2D eigenvalue weighted by molar-refractivity contribution is 6.02. The topological polar surface area (TPSA) is 81.6 Å². The lowest BCUT2D eigenvalue weighted by molar-refractivity contribution is -0.118. The van der Waals surface area contributed by atoms with Gasteiger partial charge in [-0.25, -0.2) is 0 Å². The molecule has 5 nitrogen and oxygen atoms in total. The van der Waals surface area contributed by atoms with Crippen molar-refractivity contribution in [2.75, 3.05) is 11.9 Å². The van der Waals surface area contributed by atoms with E-state index in [-0.39, 0.29) is 17.4 Å². The van der Waals surface area contributed by atoms with E-state index >= 15 is 0 Å². The van der Waals surface area contributed by atoms with Gasteiger partial charge in [0.05, 0.1) is 5.41 Å². The summed E-state index contributed by atoms with van der Waals surface area (Å²) in [6.45, 7) is 8.31. The fraction of sp³-hybridized carbons (Fsp3) is 0.321. The SMILES string of the molecule is Cc1ccc(NC(=O)C2(c3ccc(O)c(O)c3)CC2)cc1-c1ccc(CNCC(C)C)cc1. The van der Waals surface area contributed by atoms with Gasteiger partial charge < -0.3 is 20.8 Å². The van der Waals surface area contributed by atoms with Gasteiger partial charge in [0.15, 0.2) is 11.5 Å². The molecule has 0 spiro atoms. The highest BCUT2D eigenvalue weighted by Crippen LogP contribution is 2.50. The molecule has 5 heteroatoms. The molecule has 33 heavy (non-hydrogen) atoms. The van der Waals surface area contributed by atoms with Crippen molar-refractivity contribution in [2.45, 2.75) is 45.6 Å². The number of aryl methyl sites for hydroxylation is 1. The molecule has 0 heterocycles. The summed E-state index contributed by atoms with van der Waals surface area (Å²) >= 11 is 0. The second kappa shape index (κ2) is 9.28. The molecule has 1 fully saturated rings. The Labute approximate surface area is 195 Å². The first-order valence-electron chi connectivity index (χ1n) is 11.5. The number of carbonyl (C=O) groups excluding carboxylic acids is 1. The molecule has 4 N–H and O–H groups in total. The Morgan fingerprint density at radius 3 is 2.33 bits per heavy atom. The summed E-state index contributed by atoms with van der Waals surface area (Å²) < 4.78 is 0. The Bertz CT molecular complexity index is 1150. The molecule has 0 aliphatic heterocycles. The van der Waals surface area contributed by atoms with Crippen LogP contribution in [0, 0.1) is 12.8 Å². The number of anilines is 1. The van der Waals surface area contributed by atoms with Gasteiger partial charge in [-0.15, -0.1) is 0 Å². The summed E-state index contributed by atoms with van der Waals surface area (Å²) in [6, 6.07) is 19.1. The smallest absolute Gasteiger partial charge is 0.235 e. The molecule has 172 valence electrons. The quantitative estimate of drug-likeness (QED) is 0.346. The third-order valence-corrected chi connectivity index (χ3v) is 6.35. The number of phenolic OH excluding ortho intramolecular Hbond substituents is 2. The number of nitrogens with one attached hydrogen (secondary N) is 2. The summed E-state index contributed by atoms with van der Waals surface area (Å²) in [4.78, 5) is 13.2. The second-order valence-electron chi connectivity index (χ2n) is 9.49. The first kappa shape index (κ1) is 22.9. The maximum absolute atomic E-state index is 13.2. The maximum Gasteiger partial charge on any atom is 0.235 e. The monoisotopic (exact) mass is 444 g/mol. The molecule has 3 aromatic rings. The average Bonchev–Trinajstić information content (AvgIpc) is 3.59. The van der Waals surface area contributed by atoms with Crippen molar-refractivity contribution < 1.29 is 15.0 Å². The highest BCUT2D eigenvalue weighted by Gasteiger charge is 2.51. The first-order chi connectivity index (χ1) is 15.8. The van der Waals surface area contributed by atoms with Gasteiger partial charge in [0.1, 0.15) is 0 Å². The normalized spacial score (nSPS) is 14.3. The van der Waals surface area contributed by atoms with Crippen LogP contribution in [0.25, 0.3) is 11.1 Å². The van der Waals surface area contributed by atoms with Crippen LogP contribution in [0.15, 0.2) is 60.7 Å². The van der Waals surface area contributed by atoms with E-state index in [9.17, 15) is 15.0 Å². The van der Waals surface area contributed by atoms with Gasteiger partial charge >= 0.3 is 0 Å². The summed E-state index contributed by atoms with van der Waals surface area (Å²) in [5, 5.41) is 26.0. The predicted octanol–water partition coefficient (Wildman–Crippen LogP) is 5.49. The zero-order valence-corrected chi connectivity index (χ0v) is 19.5. The van der Waals surface area contributed by atoms with Gasteiger partial charge in [-0.05, 0) is 84.3 Å². The minimum absolute atomic E-state index is 0.0889. The van der Waals surface area contributed by atoms with Crippen LogP contribution in [0.4, 0.5) is 5.69 Å². The molecule has 0 unspecified atom stereocenters. The van der Waals surface area contributed by atoms with E-state index in [0.717, 1.165) is 41.0 Å². The summed E-state index contributed by atoms with van der Waals surface area (Å²) in [6.07, 6.45) is 1.43. The Balaban J connectivity index is 1.49. The zero-order valence-electron chi connectivity index (χ0n) is 19.5. The van der Waals surface area contributed by atoms with E-state index < -0.39 is 5.41 Å². The fourth-order valence-corrected chi connectivity index (χ4v) is 4.16. The van der Waals surface area contributed by atoms with Gasteiger partial charge in [-0.1, -0.05) is 50.2 Å². The number of benzene rings is 3. The standard InChI is InChI=1S/C28H32N2O3/c1-18(2)16-29-17-20-5-7-21(8-6-20)24-15-23(10-4-19(24)3)30-27(33)28(12-13-28)22-9-11-25(31)26(32)14-22/h4-11,14-15,18,29,31-32H,12-13,16-17H2,1-3H3,(H,30,33). The van der Waals surface area contributed by atoms with Crippen LogP contribution in [-0.4, -0.2) is 22.7 Å². The maximum atomic E-state index is 13.2. The Morgan fingerprint density at radius 1 is 0.970 bits per heavy atom. The average molecular weight is 445 g/mol. The van der Waals surface area contributed by atoms with Crippen molar-refractivity contribution in [3.63, 3.8) is 0 Å². The lowest BCUT2D eigenvalue weighted by Crippen LogP contribution is -2.27. The molecule has 0 radical (unpaired) electrons. The van der Waals surface area contributed by atoms with Crippen molar-refractivity contribution in [1.29, 1.82) is 0 Å². The number of rotatable bonds is 8. The lowest BCUT2D eigenvalue weighted by Gasteiger charge is -2.17. The lowest BCUT2D eigenvalue weighted by atomic mass is 9.94. The highest BCUT2D eigenvalue weighted by atomic mass is 16.3. The molecule has 0 aromatic heterocycles. The number of carbonyl (C=O) groups is 1. The van der Waals surface area contributed by atoms with Crippen molar-refractivity contribution in [3.05, 3.63) is 77.4 Å².